The van der Waals surface area contributed by atoms with Gasteiger partial charge < -0.3 is 9.64 Å². The normalized spacial score (nSPS) is 15.3. The van der Waals surface area contributed by atoms with Crippen molar-refractivity contribution >= 4 is 33.1 Å². The molecule has 4 rings (SSSR count). The van der Waals surface area contributed by atoms with Crippen LogP contribution >= 0.6 is 11.3 Å². The summed E-state index contributed by atoms with van der Waals surface area (Å²) in [4.78, 5) is 26.8. The summed E-state index contributed by atoms with van der Waals surface area (Å²) >= 11 is 1.06. The Morgan fingerprint density at radius 2 is 1.87 bits per heavy atom. The molecule has 1 fully saturated rings. The number of aromatic nitrogens is 4. The van der Waals surface area contributed by atoms with Crippen LogP contribution in [0.2, 0.25) is 0 Å². The van der Waals surface area contributed by atoms with Crippen LogP contribution in [0.3, 0.4) is 0 Å². The van der Waals surface area contributed by atoms with Crippen LogP contribution in [-0.2, 0) is 14.8 Å². The van der Waals surface area contributed by atoms with Gasteiger partial charge in [-0.1, -0.05) is 0 Å². The summed E-state index contributed by atoms with van der Waals surface area (Å²) in [6.45, 7) is 3.38. The second-order valence-corrected chi connectivity index (χ2v) is 9.40. The van der Waals surface area contributed by atoms with E-state index in [1.54, 1.807) is 11.6 Å². The second kappa shape index (κ2) is 8.13. The summed E-state index contributed by atoms with van der Waals surface area (Å²) in [5, 5.41) is 1.58. The average Bonchev–Trinajstić information content (AvgIpc) is 3.43. The molecule has 4 heterocycles. The molecular formula is C18H20N6O4S2. The van der Waals surface area contributed by atoms with Crippen molar-refractivity contribution in [1.29, 1.82) is 0 Å². The number of carbonyl (C=O) groups is 1. The molecule has 0 N–H and O–H groups in total. The zero-order valence-electron chi connectivity index (χ0n) is 16.4. The van der Waals surface area contributed by atoms with Crippen LogP contribution in [0, 0.1) is 6.92 Å². The number of carbonyl (C=O) groups excluding carboxylic acids is 1. The van der Waals surface area contributed by atoms with Gasteiger partial charge in [-0.15, -0.1) is 11.3 Å². The van der Waals surface area contributed by atoms with Crippen LogP contribution in [0.25, 0.3) is 5.82 Å². The van der Waals surface area contributed by atoms with E-state index in [1.165, 1.54) is 23.8 Å². The Morgan fingerprint density at radius 3 is 2.53 bits per heavy atom. The van der Waals surface area contributed by atoms with Crippen molar-refractivity contribution < 1.29 is 17.9 Å². The van der Waals surface area contributed by atoms with Crippen LogP contribution in [0.1, 0.15) is 15.5 Å². The summed E-state index contributed by atoms with van der Waals surface area (Å²) in [6, 6.07) is 3.30. The van der Waals surface area contributed by atoms with Crippen molar-refractivity contribution in [2.45, 2.75) is 11.8 Å². The number of methoxy groups -OCH3 is 1. The van der Waals surface area contributed by atoms with Crippen molar-refractivity contribution in [3.05, 3.63) is 46.9 Å². The van der Waals surface area contributed by atoms with Crippen LogP contribution in [0.5, 0.6) is 0 Å². The first-order chi connectivity index (χ1) is 14.4. The van der Waals surface area contributed by atoms with E-state index in [4.69, 9.17) is 4.74 Å². The quantitative estimate of drug-likeness (QED) is 0.538. The molecular weight excluding hydrogens is 428 g/mol. The fourth-order valence-electron chi connectivity index (χ4n) is 3.30. The molecule has 0 atom stereocenters. The fraction of sp³-hybridized carbons (Fsp3) is 0.333. The molecule has 10 nitrogen and oxygen atoms in total. The van der Waals surface area contributed by atoms with E-state index in [-0.39, 0.29) is 22.9 Å². The number of nitrogens with zero attached hydrogens (tertiary/aromatic N) is 6. The lowest BCUT2D eigenvalue weighted by Gasteiger charge is -2.34. The SMILES string of the molecule is COC(=O)c1sccc1S(=O)(=O)N1CCN(c2cc(-n3ccnc3C)ncn2)CC1. The van der Waals surface area contributed by atoms with Crippen LogP contribution in [-0.4, -0.2) is 71.5 Å². The first kappa shape index (κ1) is 20.4. The number of hydrogen-bond acceptors (Lipinski definition) is 9. The van der Waals surface area contributed by atoms with Crippen LogP contribution in [0.4, 0.5) is 5.82 Å². The zero-order valence-corrected chi connectivity index (χ0v) is 18.1. The molecule has 3 aromatic rings. The van der Waals surface area contributed by atoms with Gasteiger partial charge in [0.2, 0.25) is 10.0 Å². The number of piperazine rings is 1. The first-order valence-electron chi connectivity index (χ1n) is 9.15. The molecule has 158 valence electrons. The summed E-state index contributed by atoms with van der Waals surface area (Å²) in [6.07, 6.45) is 5.01. The van der Waals surface area contributed by atoms with Gasteiger partial charge in [0.1, 0.15) is 33.6 Å². The Balaban J connectivity index is 1.50. The smallest absolute Gasteiger partial charge is 0.349 e. The number of thiophene rings is 1. The van der Waals surface area contributed by atoms with Crippen LogP contribution < -0.4 is 4.90 Å². The molecule has 0 spiro atoms. The summed E-state index contributed by atoms with van der Waals surface area (Å²) in [7, 11) is -2.55. The topological polar surface area (TPSA) is 111 Å². The van der Waals surface area contributed by atoms with Crippen molar-refractivity contribution in [1.82, 2.24) is 23.8 Å². The molecule has 0 radical (unpaired) electrons. The second-order valence-electron chi connectivity index (χ2n) is 6.58. The molecule has 0 aliphatic carbocycles. The van der Waals surface area contributed by atoms with E-state index < -0.39 is 16.0 Å². The molecule has 0 bridgehead atoms. The molecule has 3 aromatic heterocycles. The number of aryl methyl sites for hydroxylation is 1. The first-order valence-corrected chi connectivity index (χ1v) is 11.5. The molecule has 12 heteroatoms. The third-order valence-corrected chi connectivity index (χ3v) is 7.86. The highest BCUT2D eigenvalue weighted by molar-refractivity contribution is 7.89. The van der Waals surface area contributed by atoms with Crippen molar-refractivity contribution in [3.8, 4) is 5.82 Å². The molecule has 0 aromatic carbocycles. The van der Waals surface area contributed by atoms with Gasteiger partial charge in [-0.2, -0.15) is 4.31 Å². The lowest BCUT2D eigenvalue weighted by molar-refractivity contribution is 0.0602. The van der Waals surface area contributed by atoms with Gasteiger partial charge in [-0.3, -0.25) is 4.57 Å². The number of imidazole rings is 1. The number of esters is 1. The third kappa shape index (κ3) is 3.68. The molecule has 0 unspecified atom stereocenters. The lowest BCUT2D eigenvalue weighted by Crippen LogP contribution is -2.49. The van der Waals surface area contributed by atoms with E-state index in [2.05, 4.69) is 15.0 Å². The fourth-order valence-corrected chi connectivity index (χ4v) is 6.03. The molecule has 1 saturated heterocycles. The minimum atomic E-state index is -3.79. The monoisotopic (exact) mass is 448 g/mol. The number of sulfonamides is 1. The van der Waals surface area contributed by atoms with E-state index in [9.17, 15) is 13.2 Å². The highest BCUT2D eigenvalue weighted by Gasteiger charge is 2.33. The molecule has 1 aliphatic rings. The van der Waals surface area contributed by atoms with Gasteiger partial charge in [0, 0.05) is 44.6 Å². The third-order valence-electron chi connectivity index (χ3n) is 4.89. The number of anilines is 1. The Bertz CT molecular complexity index is 1160. The molecule has 1 aliphatic heterocycles. The van der Waals surface area contributed by atoms with E-state index >= 15 is 0 Å². The number of hydrogen-bond donors (Lipinski definition) is 0. The van der Waals surface area contributed by atoms with Crippen molar-refractivity contribution in [2.24, 2.45) is 0 Å². The number of rotatable bonds is 5. The zero-order chi connectivity index (χ0) is 21.3. The van der Waals surface area contributed by atoms with Gasteiger partial charge >= 0.3 is 5.97 Å². The van der Waals surface area contributed by atoms with E-state index in [1.807, 2.05) is 28.7 Å². The van der Waals surface area contributed by atoms with Crippen molar-refractivity contribution in [3.63, 3.8) is 0 Å². The predicted molar refractivity (Wildman–Crippen MR) is 111 cm³/mol. The molecule has 0 amide bonds. The Morgan fingerprint density at radius 1 is 1.13 bits per heavy atom. The van der Waals surface area contributed by atoms with Gasteiger partial charge in [0.15, 0.2) is 0 Å². The van der Waals surface area contributed by atoms with Gasteiger partial charge in [-0.05, 0) is 18.4 Å². The summed E-state index contributed by atoms with van der Waals surface area (Å²) in [5.41, 5.74) is 0. The molecule has 0 saturated carbocycles. The van der Waals surface area contributed by atoms with E-state index in [0.717, 1.165) is 23.0 Å². The minimum absolute atomic E-state index is 0.00675. The average molecular weight is 449 g/mol. The Labute approximate surface area is 177 Å². The lowest BCUT2D eigenvalue weighted by atomic mass is 10.3. The van der Waals surface area contributed by atoms with Gasteiger partial charge in [0.05, 0.1) is 7.11 Å². The largest absolute Gasteiger partial charge is 0.465 e. The maximum atomic E-state index is 13.1. The van der Waals surface area contributed by atoms with Gasteiger partial charge in [0.25, 0.3) is 0 Å². The highest BCUT2D eigenvalue weighted by atomic mass is 32.2. The predicted octanol–water partition coefficient (Wildman–Crippen LogP) is 1.33. The summed E-state index contributed by atoms with van der Waals surface area (Å²) in [5.74, 6) is 1.58. The Kier molecular flexibility index (Phi) is 5.54. The standard InChI is InChI=1S/C18H20N6O4S2/c1-13-19-4-5-24(13)16-11-15(20-12-21-16)22-6-8-23(9-7-22)30(26,27)14-3-10-29-17(14)18(25)28-2/h3-5,10-12H,6-9H2,1-2H3. The van der Waals surface area contributed by atoms with Crippen LogP contribution in [0.15, 0.2) is 41.1 Å². The van der Waals surface area contributed by atoms with Gasteiger partial charge in [-0.25, -0.2) is 28.2 Å². The molecule has 30 heavy (non-hydrogen) atoms. The number of ether oxygens (including phenoxy) is 1. The minimum Gasteiger partial charge on any atom is -0.465 e. The maximum Gasteiger partial charge on any atom is 0.349 e. The van der Waals surface area contributed by atoms with E-state index in [0.29, 0.717) is 18.9 Å². The highest BCUT2D eigenvalue weighted by Crippen LogP contribution is 2.27. The maximum absolute atomic E-state index is 13.1. The van der Waals surface area contributed by atoms with Crippen molar-refractivity contribution in [2.75, 3.05) is 38.2 Å². The summed E-state index contributed by atoms with van der Waals surface area (Å²) < 4.78 is 34.0. The Hall–Kier alpha value is -2.83.